The Hall–Kier alpha value is -2.53. The predicted molar refractivity (Wildman–Crippen MR) is 97.6 cm³/mol. The molecule has 2 aliphatic rings. The average molecular weight is 370 g/mol. The molecule has 2 aliphatic heterocycles. The molecular weight excluding hydrogens is 356 g/mol. The minimum atomic E-state index is -0.958. The van der Waals surface area contributed by atoms with E-state index >= 15 is 0 Å². The zero-order valence-corrected chi connectivity index (χ0v) is 14.5. The highest BCUT2D eigenvalue weighted by atomic mass is 35.5. The normalized spacial score (nSPS) is 14.7. The van der Waals surface area contributed by atoms with Gasteiger partial charge in [-0.3, -0.25) is 4.99 Å². The van der Waals surface area contributed by atoms with Crippen LogP contribution in [0.3, 0.4) is 0 Å². The Balaban J connectivity index is 1.76. The zero-order valence-electron chi connectivity index (χ0n) is 13.8. The number of benzene rings is 2. The molecule has 2 aromatic carbocycles. The molecule has 3 heterocycles. The first-order valence-electron chi connectivity index (χ1n) is 8.49. The van der Waals surface area contributed by atoms with Gasteiger partial charge < -0.3 is 4.57 Å². The molecule has 26 heavy (non-hydrogen) atoms. The van der Waals surface area contributed by atoms with E-state index in [1.165, 1.54) is 5.56 Å². The molecule has 0 N–H and O–H groups in total. The van der Waals surface area contributed by atoms with Crippen molar-refractivity contribution >= 4 is 17.8 Å². The summed E-state index contributed by atoms with van der Waals surface area (Å²) < 4.78 is 29.5. The Kier molecular flexibility index (Phi) is 3.47. The minimum absolute atomic E-state index is 0.157. The fourth-order valence-corrected chi connectivity index (χ4v) is 4.00. The van der Waals surface area contributed by atoms with Gasteiger partial charge in [0.1, 0.15) is 5.82 Å². The van der Waals surface area contributed by atoms with Gasteiger partial charge in [-0.25, -0.2) is 13.8 Å². The van der Waals surface area contributed by atoms with Gasteiger partial charge in [0.25, 0.3) is 0 Å². The van der Waals surface area contributed by atoms with Crippen molar-refractivity contribution in [2.45, 2.75) is 25.9 Å². The Morgan fingerprint density at radius 2 is 1.92 bits per heavy atom. The number of aryl methyl sites for hydroxylation is 1. The van der Waals surface area contributed by atoms with E-state index in [0.717, 1.165) is 54.2 Å². The maximum Gasteiger partial charge on any atom is 0.160 e. The van der Waals surface area contributed by atoms with Crippen LogP contribution in [0, 0.1) is 11.6 Å². The van der Waals surface area contributed by atoms with Crippen LogP contribution in [0.15, 0.2) is 35.3 Å². The molecule has 0 unspecified atom stereocenters. The number of nitrogens with zero attached hydrogens (tertiary/aromatic N) is 3. The molecule has 0 amide bonds. The highest BCUT2D eigenvalue weighted by molar-refractivity contribution is 6.33. The van der Waals surface area contributed by atoms with Crippen LogP contribution in [0.1, 0.15) is 23.4 Å². The van der Waals surface area contributed by atoms with Crippen molar-refractivity contribution in [3.63, 3.8) is 0 Å². The minimum Gasteiger partial charge on any atom is -0.327 e. The molecule has 1 aromatic heterocycles. The van der Waals surface area contributed by atoms with E-state index in [0.29, 0.717) is 17.8 Å². The molecular formula is C20H14ClF2N3. The first-order valence-corrected chi connectivity index (χ1v) is 8.87. The third-order valence-corrected chi connectivity index (χ3v) is 5.32. The number of fused-ring (bicyclic) bond motifs is 2. The number of hydrogen-bond acceptors (Lipinski definition) is 2. The first kappa shape index (κ1) is 15.7. The summed E-state index contributed by atoms with van der Waals surface area (Å²) in [5, 5.41) is 0.157. The number of rotatable bonds is 2. The maximum absolute atomic E-state index is 13.9. The molecule has 5 rings (SSSR count). The SMILES string of the molecule is Fc1cc(Cl)c(-c2nc3n(c2-c2ccc4c(c2)C=NC4)CCC3)cc1F. The average Bonchev–Trinajstić information content (AvgIpc) is 3.32. The fraction of sp³-hybridized carbons (Fsp3) is 0.200. The van der Waals surface area contributed by atoms with Crippen LogP contribution in [0.25, 0.3) is 22.5 Å². The second-order valence-electron chi connectivity index (χ2n) is 6.61. The lowest BCUT2D eigenvalue weighted by atomic mass is 10.0. The van der Waals surface area contributed by atoms with Crippen LogP contribution in [0.4, 0.5) is 8.78 Å². The number of aliphatic imine (C=N–C) groups is 1. The molecule has 3 aromatic rings. The van der Waals surface area contributed by atoms with Crippen molar-refractivity contribution in [1.29, 1.82) is 0 Å². The molecule has 0 fully saturated rings. The number of hydrogen-bond donors (Lipinski definition) is 0. The summed E-state index contributed by atoms with van der Waals surface area (Å²) in [6, 6.07) is 8.31. The molecule has 0 spiro atoms. The van der Waals surface area contributed by atoms with E-state index in [2.05, 4.69) is 21.7 Å². The van der Waals surface area contributed by atoms with Gasteiger partial charge in [0, 0.05) is 30.3 Å². The topological polar surface area (TPSA) is 30.2 Å². The van der Waals surface area contributed by atoms with Crippen molar-refractivity contribution in [3.05, 3.63) is 63.9 Å². The van der Waals surface area contributed by atoms with Gasteiger partial charge in [0.2, 0.25) is 0 Å². The van der Waals surface area contributed by atoms with E-state index in [9.17, 15) is 8.78 Å². The summed E-state index contributed by atoms with van der Waals surface area (Å²) in [5.41, 5.74) is 5.15. The Bertz CT molecular complexity index is 1090. The quantitative estimate of drug-likeness (QED) is 0.583. The molecule has 0 radical (unpaired) electrons. The summed E-state index contributed by atoms with van der Waals surface area (Å²) in [7, 11) is 0. The van der Waals surface area contributed by atoms with Gasteiger partial charge in [0.15, 0.2) is 11.6 Å². The summed E-state index contributed by atoms with van der Waals surface area (Å²) in [5.74, 6) is -0.935. The molecule has 0 saturated carbocycles. The monoisotopic (exact) mass is 369 g/mol. The fourth-order valence-electron chi connectivity index (χ4n) is 3.76. The van der Waals surface area contributed by atoms with E-state index in [4.69, 9.17) is 16.6 Å². The standard InChI is InChI=1S/C20H14ClF2N3/c21-15-8-17(23)16(22)7-14(15)19-20(26-5-1-2-18(26)25-19)11-3-4-12-9-24-10-13(12)6-11/h3-4,6-8,10H,1-2,5,9H2. The Morgan fingerprint density at radius 3 is 2.81 bits per heavy atom. The van der Waals surface area contributed by atoms with Crippen molar-refractivity contribution in [2.75, 3.05) is 0 Å². The highest BCUT2D eigenvalue weighted by Crippen LogP contribution is 2.39. The van der Waals surface area contributed by atoms with Crippen LogP contribution in [-0.2, 0) is 19.5 Å². The number of imidazole rings is 1. The molecule has 0 atom stereocenters. The van der Waals surface area contributed by atoms with E-state index in [1.54, 1.807) is 0 Å². The van der Waals surface area contributed by atoms with E-state index in [1.807, 2.05) is 12.3 Å². The lowest BCUT2D eigenvalue weighted by molar-refractivity contribution is 0.509. The van der Waals surface area contributed by atoms with Crippen LogP contribution >= 0.6 is 11.6 Å². The van der Waals surface area contributed by atoms with Gasteiger partial charge in [-0.15, -0.1) is 0 Å². The Morgan fingerprint density at radius 1 is 1.08 bits per heavy atom. The summed E-state index contributed by atoms with van der Waals surface area (Å²) in [4.78, 5) is 9.02. The van der Waals surface area contributed by atoms with Crippen LogP contribution < -0.4 is 0 Å². The zero-order chi connectivity index (χ0) is 17.8. The maximum atomic E-state index is 13.9. The van der Waals surface area contributed by atoms with Crippen LogP contribution in [0.2, 0.25) is 5.02 Å². The molecule has 0 saturated heterocycles. The van der Waals surface area contributed by atoms with E-state index < -0.39 is 11.6 Å². The van der Waals surface area contributed by atoms with Gasteiger partial charge in [-0.05, 0) is 35.7 Å². The molecule has 6 heteroatoms. The second-order valence-corrected chi connectivity index (χ2v) is 7.02. The Labute approximate surface area is 154 Å². The second kappa shape index (κ2) is 5.74. The van der Waals surface area contributed by atoms with Crippen molar-refractivity contribution in [1.82, 2.24) is 9.55 Å². The molecule has 130 valence electrons. The van der Waals surface area contributed by atoms with Gasteiger partial charge in [-0.2, -0.15) is 0 Å². The third kappa shape index (κ3) is 2.31. The largest absolute Gasteiger partial charge is 0.327 e. The number of aromatic nitrogens is 2. The smallest absolute Gasteiger partial charge is 0.160 e. The van der Waals surface area contributed by atoms with Crippen molar-refractivity contribution < 1.29 is 8.78 Å². The summed E-state index contributed by atoms with van der Waals surface area (Å²) in [6.07, 6.45) is 3.75. The van der Waals surface area contributed by atoms with Crippen LogP contribution in [-0.4, -0.2) is 15.8 Å². The van der Waals surface area contributed by atoms with Crippen molar-refractivity contribution in [2.24, 2.45) is 4.99 Å². The van der Waals surface area contributed by atoms with Gasteiger partial charge in [-0.1, -0.05) is 23.7 Å². The molecule has 3 nitrogen and oxygen atoms in total. The van der Waals surface area contributed by atoms with Crippen molar-refractivity contribution in [3.8, 4) is 22.5 Å². The summed E-state index contributed by atoms with van der Waals surface area (Å²) >= 11 is 6.23. The van der Waals surface area contributed by atoms with Gasteiger partial charge in [0.05, 0.1) is 23.0 Å². The predicted octanol–water partition coefficient (Wildman–Crippen LogP) is 5.03. The third-order valence-electron chi connectivity index (χ3n) is 5.01. The highest BCUT2D eigenvalue weighted by Gasteiger charge is 2.25. The lowest BCUT2D eigenvalue weighted by Crippen LogP contribution is -1.98. The summed E-state index contributed by atoms with van der Waals surface area (Å²) in [6.45, 7) is 1.55. The lowest BCUT2D eigenvalue weighted by Gasteiger charge is -2.11. The van der Waals surface area contributed by atoms with E-state index in [-0.39, 0.29) is 5.02 Å². The van der Waals surface area contributed by atoms with Crippen LogP contribution in [0.5, 0.6) is 0 Å². The number of halogens is 3. The van der Waals surface area contributed by atoms with Gasteiger partial charge >= 0.3 is 0 Å². The molecule has 0 aliphatic carbocycles. The molecule has 0 bridgehead atoms. The first-order chi connectivity index (χ1) is 12.6.